The van der Waals surface area contributed by atoms with E-state index in [4.69, 9.17) is 9.47 Å². The van der Waals surface area contributed by atoms with Gasteiger partial charge in [0.25, 0.3) is 0 Å². The minimum Gasteiger partial charge on any atom is -0.493 e. The van der Waals surface area contributed by atoms with Crippen LogP contribution in [0.5, 0.6) is 11.5 Å². The predicted octanol–water partition coefficient (Wildman–Crippen LogP) is 3.89. The summed E-state index contributed by atoms with van der Waals surface area (Å²) in [6.45, 7) is 6.07. The van der Waals surface area contributed by atoms with Gasteiger partial charge in [0, 0.05) is 20.1 Å². The van der Waals surface area contributed by atoms with Gasteiger partial charge < -0.3 is 20.1 Å². The molecule has 0 fully saturated rings. The molecular formula is C20H28IN3O2. The Balaban J connectivity index is 0.00000338. The predicted molar refractivity (Wildman–Crippen MR) is 118 cm³/mol. The first-order valence-corrected chi connectivity index (χ1v) is 8.46. The molecule has 0 radical (unpaired) electrons. The highest BCUT2D eigenvalue weighted by molar-refractivity contribution is 14.0. The first-order chi connectivity index (χ1) is 12.2. The second kappa shape index (κ2) is 11.6. The lowest BCUT2D eigenvalue weighted by Crippen LogP contribution is -2.36. The van der Waals surface area contributed by atoms with Crippen LogP contribution in [0.2, 0.25) is 0 Å². The third-order valence-corrected chi connectivity index (χ3v) is 3.92. The molecule has 0 saturated carbocycles. The smallest absolute Gasteiger partial charge is 0.191 e. The number of hydrogen-bond donors (Lipinski definition) is 2. The number of halogens is 1. The van der Waals surface area contributed by atoms with Gasteiger partial charge in [-0.1, -0.05) is 30.3 Å². The molecule has 5 nitrogen and oxygen atoms in total. The molecule has 0 aliphatic heterocycles. The van der Waals surface area contributed by atoms with Crippen molar-refractivity contribution < 1.29 is 9.47 Å². The van der Waals surface area contributed by atoms with E-state index in [1.54, 1.807) is 14.2 Å². The molecule has 142 valence electrons. The Kier molecular flexibility index (Phi) is 9.87. The van der Waals surface area contributed by atoms with Crippen LogP contribution in [0.3, 0.4) is 0 Å². The molecule has 0 aliphatic rings. The Hall–Kier alpha value is -1.96. The van der Waals surface area contributed by atoms with Crippen molar-refractivity contribution in [1.29, 1.82) is 0 Å². The lowest BCUT2D eigenvalue weighted by Gasteiger charge is -2.14. The zero-order valence-electron chi connectivity index (χ0n) is 15.8. The molecule has 0 saturated heterocycles. The zero-order valence-corrected chi connectivity index (χ0v) is 18.2. The van der Waals surface area contributed by atoms with E-state index in [1.807, 2.05) is 37.3 Å². The summed E-state index contributed by atoms with van der Waals surface area (Å²) in [7, 11) is 3.42. The molecule has 2 aromatic rings. The topological polar surface area (TPSA) is 54.9 Å². The van der Waals surface area contributed by atoms with E-state index >= 15 is 0 Å². The number of aliphatic imine (C=N–C) groups is 1. The van der Waals surface area contributed by atoms with Gasteiger partial charge in [0.15, 0.2) is 17.5 Å². The van der Waals surface area contributed by atoms with Crippen molar-refractivity contribution in [3.8, 4) is 11.5 Å². The van der Waals surface area contributed by atoms with E-state index in [0.717, 1.165) is 29.6 Å². The Bertz CT molecular complexity index is 720. The van der Waals surface area contributed by atoms with Crippen molar-refractivity contribution in [3.05, 3.63) is 59.2 Å². The molecule has 0 aromatic heterocycles. The summed E-state index contributed by atoms with van der Waals surface area (Å²) >= 11 is 0. The summed E-state index contributed by atoms with van der Waals surface area (Å²) in [5.74, 6) is 2.26. The molecule has 0 spiro atoms. The Morgan fingerprint density at radius 2 is 1.77 bits per heavy atom. The Morgan fingerprint density at radius 1 is 1.04 bits per heavy atom. The van der Waals surface area contributed by atoms with Crippen LogP contribution in [0.1, 0.15) is 23.6 Å². The molecule has 6 heteroatoms. The molecular weight excluding hydrogens is 441 g/mol. The Morgan fingerprint density at radius 3 is 2.42 bits per heavy atom. The van der Waals surface area contributed by atoms with E-state index in [0.29, 0.717) is 13.2 Å². The number of nitrogens with zero attached hydrogens (tertiary/aromatic N) is 1. The number of guanidine groups is 1. The second-order valence-electron chi connectivity index (χ2n) is 5.62. The average molecular weight is 469 g/mol. The van der Waals surface area contributed by atoms with Gasteiger partial charge in [-0.25, -0.2) is 0 Å². The molecule has 0 bridgehead atoms. The molecule has 26 heavy (non-hydrogen) atoms. The van der Waals surface area contributed by atoms with E-state index < -0.39 is 0 Å². The summed E-state index contributed by atoms with van der Waals surface area (Å²) in [5, 5.41) is 6.66. The molecule has 2 rings (SSSR count). The van der Waals surface area contributed by atoms with Crippen LogP contribution in [0.25, 0.3) is 0 Å². The van der Waals surface area contributed by atoms with Gasteiger partial charge >= 0.3 is 0 Å². The normalized spacial score (nSPS) is 10.7. The summed E-state index contributed by atoms with van der Waals surface area (Å²) < 4.78 is 10.9. The molecule has 0 aliphatic carbocycles. The van der Waals surface area contributed by atoms with Crippen molar-refractivity contribution in [2.75, 3.05) is 20.8 Å². The Labute approximate surface area is 173 Å². The molecule has 0 unspecified atom stereocenters. The monoisotopic (exact) mass is 469 g/mol. The number of hydrogen-bond acceptors (Lipinski definition) is 3. The number of benzene rings is 2. The standard InChI is InChI=1S/C20H27N3O2.HI/c1-5-25-18-11-10-16(12-19(18)24-4)13-22-20(21-3)23-14-17-9-7-6-8-15(17)2;/h6-12H,5,13-14H2,1-4H3,(H2,21,22,23);1H. The maximum Gasteiger partial charge on any atom is 0.191 e. The van der Waals surface area contributed by atoms with Gasteiger partial charge in [-0.15, -0.1) is 24.0 Å². The minimum absolute atomic E-state index is 0. The van der Waals surface area contributed by atoms with Crippen molar-refractivity contribution >= 4 is 29.9 Å². The van der Waals surface area contributed by atoms with Crippen molar-refractivity contribution in [2.24, 2.45) is 4.99 Å². The van der Waals surface area contributed by atoms with E-state index in [1.165, 1.54) is 11.1 Å². The highest BCUT2D eigenvalue weighted by atomic mass is 127. The van der Waals surface area contributed by atoms with E-state index in [2.05, 4.69) is 34.7 Å². The summed E-state index contributed by atoms with van der Waals surface area (Å²) in [4.78, 5) is 4.28. The maximum absolute atomic E-state index is 5.55. The molecule has 0 amide bonds. The number of ether oxygens (including phenoxy) is 2. The van der Waals surface area contributed by atoms with Crippen LogP contribution in [0, 0.1) is 6.92 Å². The largest absolute Gasteiger partial charge is 0.493 e. The fraction of sp³-hybridized carbons (Fsp3) is 0.350. The van der Waals surface area contributed by atoms with Gasteiger partial charge in [-0.05, 0) is 42.7 Å². The van der Waals surface area contributed by atoms with Crippen molar-refractivity contribution in [3.63, 3.8) is 0 Å². The van der Waals surface area contributed by atoms with Crippen molar-refractivity contribution in [2.45, 2.75) is 26.9 Å². The average Bonchev–Trinajstić information content (AvgIpc) is 2.64. The van der Waals surface area contributed by atoms with Crippen molar-refractivity contribution in [1.82, 2.24) is 10.6 Å². The molecule has 2 N–H and O–H groups in total. The van der Waals surface area contributed by atoms with Crippen LogP contribution < -0.4 is 20.1 Å². The number of methoxy groups -OCH3 is 1. The quantitative estimate of drug-likeness (QED) is 0.367. The van der Waals surface area contributed by atoms with Crippen LogP contribution in [-0.4, -0.2) is 26.7 Å². The van der Waals surface area contributed by atoms with Crippen LogP contribution >= 0.6 is 24.0 Å². The number of nitrogens with one attached hydrogen (secondary N) is 2. The molecule has 0 atom stereocenters. The van der Waals surface area contributed by atoms with Crippen LogP contribution in [0.15, 0.2) is 47.5 Å². The fourth-order valence-corrected chi connectivity index (χ4v) is 2.49. The van der Waals surface area contributed by atoms with Crippen LogP contribution in [-0.2, 0) is 13.1 Å². The van der Waals surface area contributed by atoms with E-state index in [9.17, 15) is 0 Å². The third kappa shape index (κ3) is 6.40. The first kappa shape index (κ1) is 22.1. The minimum atomic E-state index is 0. The van der Waals surface area contributed by atoms with Gasteiger partial charge in [0.1, 0.15) is 0 Å². The van der Waals surface area contributed by atoms with Gasteiger partial charge in [0.05, 0.1) is 13.7 Å². The maximum atomic E-state index is 5.55. The van der Waals surface area contributed by atoms with Gasteiger partial charge in [-0.3, -0.25) is 4.99 Å². The first-order valence-electron chi connectivity index (χ1n) is 8.46. The van der Waals surface area contributed by atoms with Crippen LogP contribution in [0.4, 0.5) is 0 Å². The summed E-state index contributed by atoms with van der Waals surface area (Å²) in [6, 6.07) is 14.3. The molecule has 2 aromatic carbocycles. The highest BCUT2D eigenvalue weighted by Crippen LogP contribution is 2.27. The number of rotatable bonds is 7. The summed E-state index contributed by atoms with van der Waals surface area (Å²) in [5.41, 5.74) is 3.62. The van der Waals surface area contributed by atoms with E-state index in [-0.39, 0.29) is 24.0 Å². The fourth-order valence-electron chi connectivity index (χ4n) is 2.49. The SMILES string of the molecule is CCOc1ccc(CNC(=NC)NCc2ccccc2C)cc1OC.I. The van der Waals surface area contributed by atoms with Gasteiger partial charge in [-0.2, -0.15) is 0 Å². The highest BCUT2D eigenvalue weighted by Gasteiger charge is 2.06. The van der Waals surface area contributed by atoms with Gasteiger partial charge in [0.2, 0.25) is 0 Å². The lowest BCUT2D eigenvalue weighted by molar-refractivity contribution is 0.310. The second-order valence-corrected chi connectivity index (χ2v) is 5.62. The molecule has 0 heterocycles. The number of aryl methyl sites for hydroxylation is 1. The summed E-state index contributed by atoms with van der Waals surface area (Å²) in [6.07, 6.45) is 0. The third-order valence-electron chi connectivity index (χ3n) is 3.92. The lowest BCUT2D eigenvalue weighted by atomic mass is 10.1. The zero-order chi connectivity index (χ0) is 18.1.